The van der Waals surface area contributed by atoms with E-state index in [0.29, 0.717) is 0 Å². The van der Waals surface area contributed by atoms with Gasteiger partial charge in [-0.1, -0.05) is 72.1 Å². The van der Waals surface area contributed by atoms with Gasteiger partial charge in [-0.05, 0) is 49.9 Å². The Balaban J connectivity index is 0.000000479. The number of rotatable bonds is 9. The third kappa shape index (κ3) is 9.71. The van der Waals surface area contributed by atoms with Gasteiger partial charge in [0.1, 0.15) is 5.82 Å². The predicted molar refractivity (Wildman–Crippen MR) is 133 cm³/mol. The zero-order valence-electron chi connectivity index (χ0n) is 19.5. The Morgan fingerprint density at radius 2 is 1.90 bits per heavy atom. The SMILES string of the molecule is C=C(S/N=C(\C)c1cc(F)ccc1CC)c1ccc(C)nc1.CCCCCC(C)C. The number of aryl methyl sites for hydroxylation is 2. The highest BCUT2D eigenvalue weighted by Gasteiger charge is 2.07. The van der Waals surface area contributed by atoms with Crippen LogP contribution in [0.5, 0.6) is 0 Å². The van der Waals surface area contributed by atoms with E-state index in [1.165, 1.54) is 49.8 Å². The van der Waals surface area contributed by atoms with Gasteiger partial charge in [-0.3, -0.25) is 4.98 Å². The molecular weight excluding hydrogens is 391 g/mol. The highest BCUT2D eigenvalue weighted by Crippen LogP contribution is 2.27. The first kappa shape index (κ1) is 26.1. The fraction of sp³-hybridized carbons (Fsp3) is 0.462. The number of pyridine rings is 1. The molecule has 2 aromatic rings. The van der Waals surface area contributed by atoms with E-state index in [0.717, 1.165) is 45.3 Å². The molecule has 1 heterocycles. The molecule has 30 heavy (non-hydrogen) atoms. The fourth-order valence-electron chi connectivity index (χ4n) is 2.85. The van der Waals surface area contributed by atoms with E-state index >= 15 is 0 Å². The highest BCUT2D eigenvalue weighted by molar-refractivity contribution is 8.07. The van der Waals surface area contributed by atoms with Gasteiger partial charge < -0.3 is 0 Å². The lowest BCUT2D eigenvalue weighted by atomic mass is 10.0. The van der Waals surface area contributed by atoms with Crippen LogP contribution in [0.2, 0.25) is 0 Å². The number of aromatic nitrogens is 1. The maximum atomic E-state index is 13.5. The van der Waals surface area contributed by atoms with Gasteiger partial charge >= 0.3 is 0 Å². The maximum absolute atomic E-state index is 13.5. The van der Waals surface area contributed by atoms with Crippen molar-refractivity contribution in [2.45, 2.75) is 73.6 Å². The van der Waals surface area contributed by atoms with Crippen LogP contribution in [0.25, 0.3) is 4.91 Å². The largest absolute Gasteiger partial charge is 0.261 e. The molecule has 1 aromatic carbocycles. The Hall–Kier alpha value is -1.94. The van der Waals surface area contributed by atoms with Crippen LogP contribution in [0.3, 0.4) is 0 Å². The van der Waals surface area contributed by atoms with Crippen molar-refractivity contribution in [3.05, 3.63) is 71.3 Å². The number of unbranched alkanes of at least 4 members (excludes halogenated alkanes) is 2. The summed E-state index contributed by atoms with van der Waals surface area (Å²) in [6.07, 6.45) is 8.23. The van der Waals surface area contributed by atoms with Crippen molar-refractivity contribution in [2.24, 2.45) is 10.3 Å². The molecule has 0 amide bonds. The quantitative estimate of drug-likeness (QED) is 0.227. The van der Waals surface area contributed by atoms with Crippen molar-refractivity contribution >= 4 is 22.6 Å². The van der Waals surface area contributed by atoms with E-state index in [9.17, 15) is 4.39 Å². The van der Waals surface area contributed by atoms with Crippen molar-refractivity contribution in [3.63, 3.8) is 0 Å². The number of hydrogen-bond acceptors (Lipinski definition) is 3. The smallest absolute Gasteiger partial charge is 0.123 e. The molecule has 2 rings (SSSR count). The number of benzene rings is 1. The monoisotopic (exact) mass is 428 g/mol. The molecule has 0 saturated heterocycles. The average Bonchev–Trinajstić information content (AvgIpc) is 2.72. The molecule has 0 fully saturated rings. The Kier molecular flexibility index (Phi) is 12.3. The third-order valence-corrected chi connectivity index (χ3v) is 5.57. The minimum atomic E-state index is -0.242. The van der Waals surface area contributed by atoms with E-state index < -0.39 is 0 Å². The van der Waals surface area contributed by atoms with Crippen molar-refractivity contribution in [1.82, 2.24) is 4.98 Å². The molecule has 0 atom stereocenters. The van der Waals surface area contributed by atoms with Crippen LogP contribution in [0, 0.1) is 18.7 Å². The van der Waals surface area contributed by atoms with Crippen molar-refractivity contribution in [2.75, 3.05) is 0 Å². The second kappa shape index (κ2) is 14.1. The zero-order valence-corrected chi connectivity index (χ0v) is 20.3. The van der Waals surface area contributed by atoms with Crippen LogP contribution in [-0.4, -0.2) is 10.7 Å². The first-order valence-corrected chi connectivity index (χ1v) is 11.7. The van der Waals surface area contributed by atoms with Crippen LogP contribution in [0.1, 0.15) is 82.7 Å². The van der Waals surface area contributed by atoms with Gasteiger partial charge in [0, 0.05) is 39.9 Å². The lowest BCUT2D eigenvalue weighted by molar-refractivity contribution is 0.534. The normalized spacial score (nSPS) is 11.3. The average molecular weight is 429 g/mol. The standard InChI is InChI=1S/C18H19FN2S.C8H18/c1-5-15-8-9-17(19)10-18(15)13(3)21-22-14(4)16-7-6-12(2)20-11-16;1-4-5-6-7-8(2)3/h6-11H,4-5H2,1-3H3;8H,4-7H2,1-3H3/b21-13+;. The lowest BCUT2D eigenvalue weighted by Crippen LogP contribution is -2.00. The summed E-state index contributed by atoms with van der Waals surface area (Å²) >= 11 is 1.29. The number of nitrogens with zero attached hydrogens (tertiary/aromatic N) is 2. The first-order valence-electron chi connectivity index (χ1n) is 10.9. The van der Waals surface area contributed by atoms with Crippen molar-refractivity contribution < 1.29 is 4.39 Å². The summed E-state index contributed by atoms with van der Waals surface area (Å²) in [5, 5.41) is 0. The molecule has 0 radical (unpaired) electrons. The minimum Gasteiger partial charge on any atom is -0.261 e. The molecule has 0 N–H and O–H groups in total. The van der Waals surface area contributed by atoms with E-state index in [2.05, 4.69) is 36.7 Å². The Morgan fingerprint density at radius 3 is 2.47 bits per heavy atom. The molecule has 2 nitrogen and oxygen atoms in total. The third-order valence-electron chi connectivity index (χ3n) is 4.75. The van der Waals surface area contributed by atoms with Gasteiger partial charge in [0.25, 0.3) is 0 Å². The Labute approximate surface area is 187 Å². The lowest BCUT2D eigenvalue weighted by Gasteiger charge is -2.08. The molecule has 164 valence electrons. The van der Waals surface area contributed by atoms with Gasteiger partial charge in [-0.25, -0.2) is 8.79 Å². The molecule has 0 saturated carbocycles. The van der Waals surface area contributed by atoms with E-state index in [-0.39, 0.29) is 5.82 Å². The zero-order chi connectivity index (χ0) is 22.5. The van der Waals surface area contributed by atoms with Crippen LogP contribution < -0.4 is 0 Å². The first-order chi connectivity index (χ1) is 14.3. The van der Waals surface area contributed by atoms with Gasteiger partial charge in [0.15, 0.2) is 0 Å². The van der Waals surface area contributed by atoms with Crippen molar-refractivity contribution in [1.29, 1.82) is 0 Å². The van der Waals surface area contributed by atoms with Crippen molar-refractivity contribution in [3.8, 4) is 0 Å². The topological polar surface area (TPSA) is 25.2 Å². The summed E-state index contributed by atoms with van der Waals surface area (Å²) in [6.45, 7) is 16.7. The van der Waals surface area contributed by atoms with Crippen LogP contribution in [-0.2, 0) is 6.42 Å². The predicted octanol–water partition coefficient (Wildman–Crippen LogP) is 8.44. The van der Waals surface area contributed by atoms with Gasteiger partial charge in [-0.15, -0.1) is 0 Å². The second-order valence-corrected chi connectivity index (χ2v) is 8.78. The Morgan fingerprint density at radius 1 is 1.17 bits per heavy atom. The molecule has 0 aliphatic carbocycles. The minimum absolute atomic E-state index is 0.242. The fourth-order valence-corrected chi connectivity index (χ4v) is 3.43. The molecule has 0 aliphatic heterocycles. The molecular formula is C26H37FN2S. The molecule has 4 heteroatoms. The summed E-state index contributed by atoms with van der Waals surface area (Å²) in [5.41, 5.74) is 4.65. The van der Waals surface area contributed by atoms with Gasteiger partial charge in [0.05, 0.1) is 5.71 Å². The van der Waals surface area contributed by atoms with E-state index in [1.54, 1.807) is 6.20 Å². The van der Waals surface area contributed by atoms with Crippen LogP contribution in [0.15, 0.2) is 47.5 Å². The highest BCUT2D eigenvalue weighted by atomic mass is 32.2. The van der Waals surface area contributed by atoms with Gasteiger partial charge in [-0.2, -0.15) is 0 Å². The molecule has 0 bridgehead atoms. The summed E-state index contributed by atoms with van der Waals surface area (Å²) in [4.78, 5) is 5.07. The number of hydrogen-bond donors (Lipinski definition) is 0. The second-order valence-electron chi connectivity index (χ2n) is 7.92. The molecule has 0 spiro atoms. The van der Waals surface area contributed by atoms with E-state index in [1.807, 2.05) is 39.0 Å². The molecule has 0 unspecified atom stereocenters. The summed E-state index contributed by atoms with van der Waals surface area (Å²) in [6, 6.07) is 8.75. The molecule has 1 aromatic heterocycles. The van der Waals surface area contributed by atoms with Crippen LogP contribution in [0.4, 0.5) is 4.39 Å². The molecule has 0 aliphatic rings. The maximum Gasteiger partial charge on any atom is 0.123 e. The number of halogens is 1. The van der Waals surface area contributed by atoms with Gasteiger partial charge in [0.2, 0.25) is 0 Å². The van der Waals surface area contributed by atoms with E-state index in [4.69, 9.17) is 0 Å². The van der Waals surface area contributed by atoms with Crippen LogP contribution >= 0.6 is 11.9 Å². The summed E-state index contributed by atoms with van der Waals surface area (Å²) in [7, 11) is 0. The Bertz CT molecular complexity index is 810. The summed E-state index contributed by atoms with van der Waals surface area (Å²) in [5.74, 6) is 0.662. The summed E-state index contributed by atoms with van der Waals surface area (Å²) < 4.78 is 17.9.